The van der Waals surface area contributed by atoms with Crippen LogP contribution in [0.15, 0.2) is 48.5 Å². The Balaban J connectivity index is 1.84. The number of aryl methyl sites for hydroxylation is 1. The van der Waals surface area contributed by atoms with Gasteiger partial charge in [0.1, 0.15) is 12.3 Å². The van der Waals surface area contributed by atoms with E-state index < -0.39 is 11.9 Å². The van der Waals surface area contributed by atoms with Gasteiger partial charge >= 0.3 is 5.97 Å². The van der Waals surface area contributed by atoms with Gasteiger partial charge in [-0.05, 0) is 43.3 Å². The van der Waals surface area contributed by atoms with Gasteiger partial charge in [-0.25, -0.2) is 4.79 Å². The van der Waals surface area contributed by atoms with Crippen molar-refractivity contribution in [3.8, 4) is 5.75 Å². The van der Waals surface area contributed by atoms with E-state index in [4.69, 9.17) is 4.74 Å². The third-order valence-electron chi connectivity index (χ3n) is 3.11. The molecule has 2 aromatic carbocycles. The number of amides is 2. The predicted molar refractivity (Wildman–Crippen MR) is 89.9 cm³/mol. The molecule has 0 aromatic heterocycles. The van der Waals surface area contributed by atoms with Crippen molar-refractivity contribution < 1.29 is 19.1 Å². The summed E-state index contributed by atoms with van der Waals surface area (Å²) in [5.74, 6) is -0.710. The second-order valence-corrected chi connectivity index (χ2v) is 5.23. The molecule has 124 valence electrons. The fraction of sp³-hybridized carbons (Fsp3) is 0.167. The van der Waals surface area contributed by atoms with E-state index in [1.807, 2.05) is 19.1 Å². The number of carbonyl (C=O) groups is 3. The maximum atomic E-state index is 12.0. The lowest BCUT2D eigenvalue weighted by Gasteiger charge is -2.07. The van der Waals surface area contributed by atoms with E-state index in [-0.39, 0.29) is 12.5 Å². The number of esters is 1. The maximum Gasteiger partial charge on any atom is 0.330 e. The van der Waals surface area contributed by atoms with Crippen LogP contribution in [0.5, 0.6) is 5.75 Å². The number of carbonyl (C=O) groups excluding carboxylic acids is 3. The van der Waals surface area contributed by atoms with Crippen molar-refractivity contribution in [2.75, 3.05) is 11.9 Å². The van der Waals surface area contributed by atoms with Crippen LogP contribution in [-0.4, -0.2) is 24.3 Å². The van der Waals surface area contributed by atoms with Crippen LogP contribution in [0, 0.1) is 6.92 Å². The number of rotatable bonds is 5. The van der Waals surface area contributed by atoms with Gasteiger partial charge in [0.05, 0.1) is 0 Å². The van der Waals surface area contributed by atoms with Gasteiger partial charge in [-0.3, -0.25) is 9.59 Å². The molecular weight excluding hydrogens is 308 g/mol. The molecule has 2 amide bonds. The SMILES string of the molecule is CC(=O)Nc1ccc(C(=O)NCC(=O)Oc2ccc(C)cc2)cc1. The summed E-state index contributed by atoms with van der Waals surface area (Å²) in [6, 6.07) is 13.4. The monoisotopic (exact) mass is 326 g/mol. The van der Waals surface area contributed by atoms with Crippen LogP contribution in [0.2, 0.25) is 0 Å². The van der Waals surface area contributed by atoms with Crippen molar-refractivity contribution in [3.63, 3.8) is 0 Å². The van der Waals surface area contributed by atoms with Crippen molar-refractivity contribution in [2.24, 2.45) is 0 Å². The Hall–Kier alpha value is -3.15. The van der Waals surface area contributed by atoms with E-state index in [1.54, 1.807) is 36.4 Å². The second kappa shape index (κ2) is 7.92. The Labute approximate surface area is 139 Å². The quantitative estimate of drug-likeness (QED) is 0.652. The molecule has 2 N–H and O–H groups in total. The third-order valence-corrected chi connectivity index (χ3v) is 3.11. The number of benzene rings is 2. The van der Waals surface area contributed by atoms with Crippen LogP contribution < -0.4 is 15.4 Å². The van der Waals surface area contributed by atoms with Crippen molar-refractivity contribution in [3.05, 3.63) is 59.7 Å². The highest BCUT2D eigenvalue weighted by Gasteiger charge is 2.10. The van der Waals surface area contributed by atoms with E-state index in [9.17, 15) is 14.4 Å². The maximum absolute atomic E-state index is 12.0. The van der Waals surface area contributed by atoms with E-state index in [2.05, 4.69) is 10.6 Å². The molecule has 6 nitrogen and oxygen atoms in total. The molecule has 0 spiro atoms. The van der Waals surface area contributed by atoms with Crippen LogP contribution in [-0.2, 0) is 9.59 Å². The second-order valence-electron chi connectivity index (χ2n) is 5.23. The van der Waals surface area contributed by atoms with Crippen LogP contribution in [0.4, 0.5) is 5.69 Å². The molecule has 0 aliphatic rings. The smallest absolute Gasteiger partial charge is 0.330 e. The highest BCUT2D eigenvalue weighted by molar-refractivity contribution is 5.97. The molecule has 0 fully saturated rings. The lowest BCUT2D eigenvalue weighted by molar-refractivity contribution is -0.133. The van der Waals surface area contributed by atoms with Gasteiger partial charge in [0, 0.05) is 18.2 Å². The Morgan fingerprint density at radius 2 is 1.58 bits per heavy atom. The zero-order valence-electron chi connectivity index (χ0n) is 13.5. The summed E-state index contributed by atoms with van der Waals surface area (Å²) in [6.07, 6.45) is 0. The largest absolute Gasteiger partial charge is 0.425 e. The summed E-state index contributed by atoms with van der Waals surface area (Å²) in [4.78, 5) is 34.6. The van der Waals surface area contributed by atoms with Gasteiger partial charge in [-0.1, -0.05) is 17.7 Å². The first-order valence-electron chi connectivity index (χ1n) is 7.37. The topological polar surface area (TPSA) is 84.5 Å². The molecule has 0 heterocycles. The molecule has 24 heavy (non-hydrogen) atoms. The van der Waals surface area contributed by atoms with Crippen molar-refractivity contribution in [2.45, 2.75) is 13.8 Å². The van der Waals surface area contributed by atoms with E-state index in [0.29, 0.717) is 17.0 Å². The molecule has 2 rings (SSSR count). The van der Waals surface area contributed by atoms with Crippen molar-refractivity contribution in [1.82, 2.24) is 5.32 Å². The summed E-state index contributed by atoms with van der Waals surface area (Å²) in [6.45, 7) is 3.10. The predicted octanol–water partition coefficient (Wildman–Crippen LogP) is 2.29. The lowest BCUT2D eigenvalue weighted by atomic mass is 10.2. The Morgan fingerprint density at radius 1 is 0.958 bits per heavy atom. The first-order valence-corrected chi connectivity index (χ1v) is 7.37. The molecule has 0 aliphatic carbocycles. The molecule has 0 atom stereocenters. The highest BCUT2D eigenvalue weighted by Crippen LogP contribution is 2.12. The molecule has 0 saturated carbocycles. The average molecular weight is 326 g/mol. The van der Waals surface area contributed by atoms with E-state index in [1.165, 1.54) is 6.92 Å². The molecule has 2 aromatic rings. The summed E-state index contributed by atoms with van der Waals surface area (Å²) in [5, 5.41) is 5.10. The van der Waals surface area contributed by atoms with Gasteiger partial charge in [0.2, 0.25) is 5.91 Å². The van der Waals surface area contributed by atoms with Gasteiger partial charge in [0.15, 0.2) is 0 Å². The zero-order valence-corrected chi connectivity index (χ0v) is 13.5. The minimum absolute atomic E-state index is 0.189. The Kier molecular flexibility index (Phi) is 5.68. The first-order chi connectivity index (χ1) is 11.4. The fourth-order valence-electron chi connectivity index (χ4n) is 1.94. The van der Waals surface area contributed by atoms with Gasteiger partial charge < -0.3 is 15.4 Å². The molecule has 0 unspecified atom stereocenters. The van der Waals surface area contributed by atoms with Gasteiger partial charge in [0.25, 0.3) is 5.91 Å². The molecular formula is C18H18N2O4. The fourth-order valence-corrected chi connectivity index (χ4v) is 1.94. The number of nitrogens with one attached hydrogen (secondary N) is 2. The molecule has 0 bridgehead atoms. The minimum Gasteiger partial charge on any atom is -0.425 e. The lowest BCUT2D eigenvalue weighted by Crippen LogP contribution is -2.31. The van der Waals surface area contributed by atoms with Gasteiger partial charge in [-0.2, -0.15) is 0 Å². The van der Waals surface area contributed by atoms with Crippen LogP contribution in [0.25, 0.3) is 0 Å². The van der Waals surface area contributed by atoms with E-state index >= 15 is 0 Å². The molecule has 6 heteroatoms. The molecule has 0 aliphatic heterocycles. The minimum atomic E-state index is -0.554. The Morgan fingerprint density at radius 3 is 2.17 bits per heavy atom. The standard InChI is InChI=1S/C18H18N2O4/c1-12-3-9-16(10-4-12)24-17(22)11-19-18(23)14-5-7-15(8-6-14)20-13(2)21/h3-10H,11H2,1-2H3,(H,19,23)(H,20,21). The van der Waals surface area contributed by atoms with E-state index in [0.717, 1.165) is 5.56 Å². The molecule has 0 saturated heterocycles. The molecule has 0 radical (unpaired) electrons. The van der Waals surface area contributed by atoms with Crippen LogP contribution in [0.1, 0.15) is 22.8 Å². The summed E-state index contributed by atoms with van der Waals surface area (Å²) in [5.41, 5.74) is 2.04. The highest BCUT2D eigenvalue weighted by atomic mass is 16.5. The third kappa shape index (κ3) is 5.24. The number of anilines is 1. The summed E-state index contributed by atoms with van der Waals surface area (Å²) >= 11 is 0. The normalized spacial score (nSPS) is 9.92. The van der Waals surface area contributed by atoms with Crippen molar-refractivity contribution in [1.29, 1.82) is 0 Å². The Bertz CT molecular complexity index is 737. The number of ether oxygens (including phenoxy) is 1. The van der Waals surface area contributed by atoms with Crippen molar-refractivity contribution >= 4 is 23.5 Å². The summed E-state index contributed by atoms with van der Waals surface area (Å²) < 4.78 is 5.12. The van der Waals surface area contributed by atoms with Crippen LogP contribution >= 0.6 is 0 Å². The zero-order chi connectivity index (χ0) is 17.5. The van der Waals surface area contributed by atoms with Crippen LogP contribution in [0.3, 0.4) is 0 Å². The summed E-state index contributed by atoms with van der Waals surface area (Å²) in [7, 11) is 0. The van der Waals surface area contributed by atoms with Gasteiger partial charge in [-0.15, -0.1) is 0 Å². The number of hydrogen-bond acceptors (Lipinski definition) is 4. The first kappa shape index (κ1) is 17.2. The average Bonchev–Trinajstić information content (AvgIpc) is 2.55. The number of hydrogen-bond donors (Lipinski definition) is 2.